The molecule has 1 aliphatic rings. The third-order valence-corrected chi connectivity index (χ3v) is 3.25. The Hall–Kier alpha value is -1.82. The van der Waals surface area contributed by atoms with Gasteiger partial charge in [-0.2, -0.15) is 10.5 Å². The topological polar surface area (TPSA) is 83.9 Å². The molecule has 2 rings (SSSR count). The maximum absolute atomic E-state index is 9.30. The number of aliphatic hydroxyl groups excluding tert-OH is 1. The molecular formula is C12H11ClN4O. The van der Waals surface area contributed by atoms with Crippen LogP contribution >= 0.6 is 11.6 Å². The summed E-state index contributed by atoms with van der Waals surface area (Å²) in [6, 6.07) is 4.07. The molecule has 0 amide bonds. The van der Waals surface area contributed by atoms with E-state index in [1.54, 1.807) is 4.90 Å². The maximum Gasteiger partial charge on any atom is 0.149 e. The predicted octanol–water partition coefficient (Wildman–Crippen LogP) is 1.22. The molecule has 0 aliphatic carbocycles. The molecule has 0 unspecified atom stereocenters. The van der Waals surface area contributed by atoms with Crippen LogP contribution in [0, 0.1) is 22.7 Å². The smallest absolute Gasteiger partial charge is 0.149 e. The number of aliphatic hydroxyl groups is 1. The molecule has 0 atom stereocenters. The standard InChI is InChI=1S/C12H11ClN4O/c1-2-8-9(3-14)11(13)16-12(10(8)4-15)17-5-7(18)6-17/h7,18H,2,5-6H2,1H3. The van der Waals surface area contributed by atoms with Gasteiger partial charge in [0.05, 0.1) is 17.2 Å². The van der Waals surface area contributed by atoms with Gasteiger partial charge in [-0.25, -0.2) is 4.98 Å². The van der Waals surface area contributed by atoms with Crippen LogP contribution in [0.15, 0.2) is 0 Å². The zero-order chi connectivity index (χ0) is 13.3. The van der Waals surface area contributed by atoms with E-state index in [2.05, 4.69) is 11.1 Å². The van der Waals surface area contributed by atoms with Crippen LogP contribution in [0.2, 0.25) is 5.15 Å². The lowest BCUT2D eigenvalue weighted by atomic mass is 10.0. The minimum absolute atomic E-state index is 0.115. The molecule has 1 aromatic rings. The fraction of sp³-hybridized carbons (Fsp3) is 0.417. The van der Waals surface area contributed by atoms with Crippen LogP contribution in [-0.4, -0.2) is 29.3 Å². The van der Waals surface area contributed by atoms with E-state index in [0.717, 1.165) is 0 Å². The molecule has 1 N–H and O–H groups in total. The number of nitriles is 2. The Balaban J connectivity index is 2.58. The summed E-state index contributed by atoms with van der Waals surface area (Å²) in [7, 11) is 0. The van der Waals surface area contributed by atoms with Crippen molar-refractivity contribution in [2.24, 2.45) is 0 Å². The number of nitrogens with zero attached hydrogens (tertiary/aromatic N) is 4. The van der Waals surface area contributed by atoms with E-state index in [1.807, 2.05) is 13.0 Å². The van der Waals surface area contributed by atoms with E-state index in [9.17, 15) is 10.4 Å². The summed E-state index contributed by atoms with van der Waals surface area (Å²) in [5.41, 5.74) is 1.27. The van der Waals surface area contributed by atoms with Crippen molar-refractivity contribution < 1.29 is 5.11 Å². The van der Waals surface area contributed by atoms with Crippen LogP contribution < -0.4 is 4.90 Å². The minimum Gasteiger partial charge on any atom is -0.389 e. The molecule has 92 valence electrons. The molecule has 6 heteroatoms. The first-order valence-corrected chi connectivity index (χ1v) is 5.95. The number of rotatable bonds is 2. The van der Waals surface area contributed by atoms with Crippen molar-refractivity contribution >= 4 is 17.4 Å². The highest BCUT2D eigenvalue weighted by Crippen LogP contribution is 2.31. The highest BCUT2D eigenvalue weighted by atomic mass is 35.5. The van der Waals surface area contributed by atoms with Crippen LogP contribution in [0.3, 0.4) is 0 Å². The SMILES string of the molecule is CCc1c(C#N)c(Cl)nc(N2CC(O)C2)c1C#N. The molecule has 0 saturated carbocycles. The van der Waals surface area contributed by atoms with Gasteiger partial charge in [0, 0.05) is 13.1 Å². The Labute approximate surface area is 110 Å². The lowest BCUT2D eigenvalue weighted by molar-refractivity contribution is 0.141. The molecule has 0 aromatic carbocycles. The monoisotopic (exact) mass is 262 g/mol. The molecule has 1 aromatic heterocycles. The zero-order valence-corrected chi connectivity index (χ0v) is 10.6. The molecular weight excluding hydrogens is 252 g/mol. The second kappa shape index (κ2) is 4.81. The van der Waals surface area contributed by atoms with Crippen molar-refractivity contribution in [3.8, 4) is 12.1 Å². The zero-order valence-electron chi connectivity index (χ0n) is 9.81. The number of hydrogen-bond acceptors (Lipinski definition) is 5. The van der Waals surface area contributed by atoms with Gasteiger partial charge in [-0.15, -0.1) is 0 Å². The quantitative estimate of drug-likeness (QED) is 0.810. The second-order valence-electron chi connectivity index (χ2n) is 4.09. The van der Waals surface area contributed by atoms with E-state index >= 15 is 0 Å². The Kier molecular flexibility index (Phi) is 3.38. The Bertz CT molecular complexity index is 567. The maximum atomic E-state index is 9.30. The van der Waals surface area contributed by atoms with Crippen LogP contribution in [0.1, 0.15) is 23.6 Å². The molecule has 2 heterocycles. The highest BCUT2D eigenvalue weighted by molar-refractivity contribution is 6.30. The van der Waals surface area contributed by atoms with Crippen molar-refractivity contribution in [3.63, 3.8) is 0 Å². The summed E-state index contributed by atoms with van der Waals surface area (Å²) in [5, 5.41) is 27.7. The van der Waals surface area contributed by atoms with Crippen LogP contribution in [0.25, 0.3) is 0 Å². The van der Waals surface area contributed by atoms with Crippen molar-refractivity contribution in [1.82, 2.24) is 4.98 Å². The van der Waals surface area contributed by atoms with E-state index in [4.69, 9.17) is 16.9 Å². The first kappa shape index (κ1) is 12.6. The molecule has 0 radical (unpaired) electrons. The minimum atomic E-state index is -0.391. The molecule has 0 spiro atoms. The summed E-state index contributed by atoms with van der Waals surface area (Å²) in [4.78, 5) is 5.90. The van der Waals surface area contributed by atoms with Gasteiger partial charge in [0.15, 0.2) is 0 Å². The fourth-order valence-electron chi connectivity index (χ4n) is 2.03. The molecule has 18 heavy (non-hydrogen) atoms. The normalized spacial score (nSPS) is 14.8. The van der Waals surface area contributed by atoms with Crippen LogP contribution in [0.5, 0.6) is 0 Å². The highest BCUT2D eigenvalue weighted by Gasteiger charge is 2.30. The van der Waals surface area contributed by atoms with Gasteiger partial charge in [0.2, 0.25) is 0 Å². The van der Waals surface area contributed by atoms with E-state index in [1.165, 1.54) is 0 Å². The summed E-state index contributed by atoms with van der Waals surface area (Å²) in [6.07, 6.45) is 0.148. The van der Waals surface area contributed by atoms with E-state index in [-0.39, 0.29) is 10.7 Å². The van der Waals surface area contributed by atoms with Crippen LogP contribution in [-0.2, 0) is 6.42 Å². The van der Waals surface area contributed by atoms with Gasteiger partial charge in [-0.05, 0) is 12.0 Å². The molecule has 1 fully saturated rings. The largest absolute Gasteiger partial charge is 0.389 e. The predicted molar refractivity (Wildman–Crippen MR) is 66.3 cm³/mol. The Morgan fingerprint density at radius 3 is 2.44 bits per heavy atom. The Morgan fingerprint density at radius 2 is 2.00 bits per heavy atom. The molecule has 5 nitrogen and oxygen atoms in total. The number of anilines is 1. The van der Waals surface area contributed by atoms with Crippen molar-refractivity contribution in [2.45, 2.75) is 19.4 Å². The molecule has 1 aliphatic heterocycles. The summed E-state index contributed by atoms with van der Waals surface area (Å²) in [6.45, 7) is 2.74. The van der Waals surface area contributed by atoms with Gasteiger partial charge in [0.25, 0.3) is 0 Å². The van der Waals surface area contributed by atoms with Crippen molar-refractivity contribution in [3.05, 3.63) is 21.8 Å². The van der Waals surface area contributed by atoms with Gasteiger partial charge < -0.3 is 10.0 Å². The number of β-amino-alcohol motifs (C(OH)–C–C–N with tert-alkyl or cyclic N) is 1. The molecule has 0 bridgehead atoms. The third kappa shape index (κ3) is 1.88. The average molecular weight is 263 g/mol. The van der Waals surface area contributed by atoms with Gasteiger partial charge in [-0.3, -0.25) is 0 Å². The number of aromatic nitrogens is 1. The summed E-state index contributed by atoms with van der Waals surface area (Å²) in [5.74, 6) is 0.462. The van der Waals surface area contributed by atoms with E-state index < -0.39 is 6.10 Å². The van der Waals surface area contributed by atoms with Gasteiger partial charge >= 0.3 is 0 Å². The first-order chi connectivity index (χ1) is 8.62. The first-order valence-electron chi connectivity index (χ1n) is 5.57. The summed E-state index contributed by atoms with van der Waals surface area (Å²) >= 11 is 5.97. The van der Waals surface area contributed by atoms with E-state index in [0.29, 0.717) is 36.5 Å². The Morgan fingerprint density at radius 1 is 1.39 bits per heavy atom. The lowest BCUT2D eigenvalue weighted by Gasteiger charge is -2.37. The summed E-state index contributed by atoms with van der Waals surface area (Å²) < 4.78 is 0. The van der Waals surface area contributed by atoms with Crippen molar-refractivity contribution in [1.29, 1.82) is 10.5 Å². The third-order valence-electron chi connectivity index (χ3n) is 2.98. The number of hydrogen-bond donors (Lipinski definition) is 1. The molecule has 1 saturated heterocycles. The average Bonchev–Trinajstić information content (AvgIpc) is 2.33. The van der Waals surface area contributed by atoms with Crippen LogP contribution in [0.4, 0.5) is 5.82 Å². The number of halogens is 1. The number of pyridine rings is 1. The van der Waals surface area contributed by atoms with Crippen molar-refractivity contribution in [2.75, 3.05) is 18.0 Å². The fourth-order valence-corrected chi connectivity index (χ4v) is 2.27. The van der Waals surface area contributed by atoms with Gasteiger partial charge in [0.1, 0.15) is 23.1 Å². The van der Waals surface area contributed by atoms with Gasteiger partial charge in [-0.1, -0.05) is 18.5 Å². The second-order valence-corrected chi connectivity index (χ2v) is 4.45. The lowest BCUT2D eigenvalue weighted by Crippen LogP contribution is -2.51.